The molecule has 2 aromatic rings. The van der Waals surface area contributed by atoms with Crippen LogP contribution in [0.5, 0.6) is 0 Å². The number of carbonyl (C=O) groups is 2. The molecule has 8 heteroatoms. The molecule has 30 heavy (non-hydrogen) atoms. The lowest BCUT2D eigenvalue weighted by atomic mass is 10.1. The number of nitrogens with one attached hydrogen (secondary N) is 1. The molecule has 164 valence electrons. The molecule has 3 N–H and O–H groups in total. The standard InChI is InChI=1S/C22H28N4O2.2ClH/c23-20(15-18-7-3-1-4-8-18)22(28)26-13-11-25(12-14-26)17-21(27)24-16-19-9-5-2-6-10-19;;/h1-10,20H,11-17,23H2,(H,24,27);2*1H. The molecule has 2 aromatic carbocycles. The van der Waals surface area contributed by atoms with Crippen LogP contribution in [0.4, 0.5) is 0 Å². The Morgan fingerprint density at radius 3 is 1.97 bits per heavy atom. The summed E-state index contributed by atoms with van der Waals surface area (Å²) in [6.45, 7) is 3.46. The zero-order chi connectivity index (χ0) is 19.8. The van der Waals surface area contributed by atoms with Crippen LogP contribution in [0.25, 0.3) is 0 Å². The SMILES string of the molecule is Cl.Cl.NC(Cc1ccccc1)C(=O)N1CCN(CC(=O)NCc2ccccc2)CC1. The van der Waals surface area contributed by atoms with Crippen LogP contribution in [0.3, 0.4) is 0 Å². The van der Waals surface area contributed by atoms with E-state index >= 15 is 0 Å². The third-order valence-corrected chi connectivity index (χ3v) is 5.00. The summed E-state index contributed by atoms with van der Waals surface area (Å²) in [6, 6.07) is 19.2. The first-order chi connectivity index (χ1) is 13.6. The minimum absolute atomic E-state index is 0. The molecule has 0 saturated carbocycles. The minimum atomic E-state index is -0.525. The second-order valence-electron chi connectivity index (χ2n) is 7.16. The summed E-state index contributed by atoms with van der Waals surface area (Å²) in [6.07, 6.45) is 0.543. The van der Waals surface area contributed by atoms with E-state index in [1.807, 2.05) is 65.6 Å². The summed E-state index contributed by atoms with van der Waals surface area (Å²) >= 11 is 0. The van der Waals surface area contributed by atoms with E-state index in [0.29, 0.717) is 45.7 Å². The second kappa shape index (κ2) is 13.2. The molecular weight excluding hydrogens is 423 g/mol. The van der Waals surface area contributed by atoms with E-state index in [9.17, 15) is 9.59 Å². The van der Waals surface area contributed by atoms with Crippen molar-refractivity contribution in [3.05, 3.63) is 71.8 Å². The zero-order valence-corrected chi connectivity index (χ0v) is 18.5. The Morgan fingerprint density at radius 2 is 1.40 bits per heavy atom. The number of benzene rings is 2. The zero-order valence-electron chi connectivity index (χ0n) is 16.9. The lowest BCUT2D eigenvalue weighted by Crippen LogP contribution is -2.54. The van der Waals surface area contributed by atoms with E-state index in [-0.39, 0.29) is 36.6 Å². The maximum Gasteiger partial charge on any atom is 0.239 e. The number of halogens is 2. The molecule has 1 unspecified atom stereocenters. The van der Waals surface area contributed by atoms with Gasteiger partial charge in [0.2, 0.25) is 11.8 Å². The van der Waals surface area contributed by atoms with Gasteiger partial charge in [-0.15, -0.1) is 24.8 Å². The topological polar surface area (TPSA) is 78.7 Å². The van der Waals surface area contributed by atoms with Crippen molar-refractivity contribution >= 4 is 36.6 Å². The van der Waals surface area contributed by atoms with Crippen molar-refractivity contribution in [2.45, 2.75) is 19.0 Å². The largest absolute Gasteiger partial charge is 0.351 e. The van der Waals surface area contributed by atoms with Crippen LogP contribution in [-0.4, -0.2) is 60.4 Å². The average Bonchev–Trinajstić information content (AvgIpc) is 2.74. The van der Waals surface area contributed by atoms with Crippen LogP contribution in [0.15, 0.2) is 60.7 Å². The predicted molar refractivity (Wildman–Crippen MR) is 124 cm³/mol. The average molecular weight is 453 g/mol. The van der Waals surface area contributed by atoms with Gasteiger partial charge in [0.1, 0.15) is 0 Å². The summed E-state index contributed by atoms with van der Waals surface area (Å²) in [7, 11) is 0. The molecule has 6 nitrogen and oxygen atoms in total. The second-order valence-corrected chi connectivity index (χ2v) is 7.16. The fourth-order valence-electron chi connectivity index (χ4n) is 3.37. The molecular formula is C22H30Cl2N4O2. The molecule has 0 aliphatic carbocycles. The number of rotatable bonds is 7. The Labute approximate surface area is 190 Å². The highest BCUT2D eigenvalue weighted by atomic mass is 35.5. The van der Waals surface area contributed by atoms with Crippen LogP contribution >= 0.6 is 24.8 Å². The fourth-order valence-corrected chi connectivity index (χ4v) is 3.37. The molecule has 2 amide bonds. The first-order valence-electron chi connectivity index (χ1n) is 9.73. The van der Waals surface area contributed by atoms with Crippen LogP contribution in [0.2, 0.25) is 0 Å². The Hall–Kier alpha value is -2.12. The van der Waals surface area contributed by atoms with Gasteiger partial charge < -0.3 is 16.0 Å². The molecule has 0 radical (unpaired) electrons. The van der Waals surface area contributed by atoms with Crippen molar-refractivity contribution in [1.82, 2.24) is 15.1 Å². The molecule has 1 fully saturated rings. The highest BCUT2D eigenvalue weighted by Crippen LogP contribution is 2.08. The number of nitrogens with two attached hydrogens (primary N) is 1. The number of carbonyl (C=O) groups excluding carboxylic acids is 2. The van der Waals surface area contributed by atoms with E-state index in [2.05, 4.69) is 10.2 Å². The van der Waals surface area contributed by atoms with E-state index in [1.165, 1.54) is 0 Å². The van der Waals surface area contributed by atoms with Gasteiger partial charge in [0.05, 0.1) is 12.6 Å². The first kappa shape index (κ1) is 25.9. The summed E-state index contributed by atoms with van der Waals surface area (Å²) < 4.78 is 0. The number of hydrogen-bond donors (Lipinski definition) is 2. The van der Waals surface area contributed by atoms with Crippen LogP contribution in [0.1, 0.15) is 11.1 Å². The van der Waals surface area contributed by atoms with Gasteiger partial charge >= 0.3 is 0 Å². The molecule has 1 aliphatic heterocycles. The summed E-state index contributed by atoms with van der Waals surface area (Å²) in [5.41, 5.74) is 8.27. The van der Waals surface area contributed by atoms with E-state index in [4.69, 9.17) is 5.73 Å². The maximum atomic E-state index is 12.6. The first-order valence-corrected chi connectivity index (χ1v) is 9.73. The van der Waals surface area contributed by atoms with Gasteiger partial charge in [-0.3, -0.25) is 14.5 Å². The molecule has 1 aliphatic rings. The predicted octanol–water partition coefficient (Wildman–Crippen LogP) is 1.86. The van der Waals surface area contributed by atoms with Crippen LogP contribution in [0, 0.1) is 0 Å². The highest BCUT2D eigenvalue weighted by Gasteiger charge is 2.26. The molecule has 0 aromatic heterocycles. The Kier molecular flexibility index (Phi) is 11.4. The van der Waals surface area contributed by atoms with Crippen molar-refractivity contribution in [3.63, 3.8) is 0 Å². The number of nitrogens with zero attached hydrogens (tertiary/aromatic N) is 2. The monoisotopic (exact) mass is 452 g/mol. The molecule has 3 rings (SSSR count). The van der Waals surface area contributed by atoms with Crippen molar-refractivity contribution in [2.75, 3.05) is 32.7 Å². The van der Waals surface area contributed by atoms with Gasteiger partial charge in [0, 0.05) is 32.7 Å². The van der Waals surface area contributed by atoms with Gasteiger partial charge in [0.25, 0.3) is 0 Å². The van der Waals surface area contributed by atoms with Crippen LogP contribution < -0.4 is 11.1 Å². The van der Waals surface area contributed by atoms with Gasteiger partial charge in [-0.2, -0.15) is 0 Å². The number of piperazine rings is 1. The summed E-state index contributed by atoms with van der Waals surface area (Å²) in [5.74, 6) is -0.0126. The molecule has 1 atom stereocenters. The van der Waals surface area contributed by atoms with Crippen molar-refractivity contribution < 1.29 is 9.59 Å². The quantitative estimate of drug-likeness (QED) is 0.671. The van der Waals surface area contributed by atoms with Crippen LogP contribution in [-0.2, 0) is 22.6 Å². The number of hydrogen-bond acceptors (Lipinski definition) is 4. The normalized spacial score (nSPS) is 14.8. The fraction of sp³-hybridized carbons (Fsp3) is 0.364. The molecule has 0 spiro atoms. The molecule has 1 saturated heterocycles. The Balaban J connectivity index is 0.00000225. The summed E-state index contributed by atoms with van der Waals surface area (Å²) in [5, 5.41) is 2.94. The van der Waals surface area contributed by atoms with Gasteiger partial charge in [-0.05, 0) is 17.5 Å². The third-order valence-electron chi connectivity index (χ3n) is 5.00. The maximum absolute atomic E-state index is 12.6. The third kappa shape index (κ3) is 7.95. The van der Waals surface area contributed by atoms with Crippen molar-refractivity contribution in [3.8, 4) is 0 Å². The van der Waals surface area contributed by atoms with Gasteiger partial charge in [-0.1, -0.05) is 60.7 Å². The van der Waals surface area contributed by atoms with E-state index in [1.54, 1.807) is 0 Å². The van der Waals surface area contributed by atoms with Gasteiger partial charge in [0.15, 0.2) is 0 Å². The molecule has 0 bridgehead atoms. The minimum Gasteiger partial charge on any atom is -0.351 e. The van der Waals surface area contributed by atoms with Crippen molar-refractivity contribution in [1.29, 1.82) is 0 Å². The molecule has 1 heterocycles. The Morgan fingerprint density at radius 1 is 0.867 bits per heavy atom. The lowest BCUT2D eigenvalue weighted by molar-refractivity contribution is -0.134. The van der Waals surface area contributed by atoms with E-state index < -0.39 is 6.04 Å². The van der Waals surface area contributed by atoms with Gasteiger partial charge in [-0.25, -0.2) is 0 Å². The number of amides is 2. The van der Waals surface area contributed by atoms with Crippen molar-refractivity contribution in [2.24, 2.45) is 5.73 Å². The highest BCUT2D eigenvalue weighted by molar-refractivity contribution is 5.85. The van der Waals surface area contributed by atoms with E-state index in [0.717, 1.165) is 11.1 Å². The Bertz CT molecular complexity index is 769. The smallest absolute Gasteiger partial charge is 0.239 e. The summed E-state index contributed by atoms with van der Waals surface area (Å²) in [4.78, 5) is 28.6. The lowest BCUT2D eigenvalue weighted by Gasteiger charge is -2.35.